The first kappa shape index (κ1) is 23.6. The molecular weight excluding hydrogens is 449 g/mol. The van der Waals surface area contributed by atoms with Gasteiger partial charge in [0.1, 0.15) is 11.6 Å². The van der Waals surface area contributed by atoms with E-state index >= 15 is 0 Å². The average molecular weight is 472 g/mol. The first-order valence-corrected chi connectivity index (χ1v) is 10.9. The molecule has 0 N–H and O–H groups in total. The van der Waals surface area contributed by atoms with Crippen LogP contribution < -0.4 is 4.74 Å². The molecule has 0 aromatic heterocycles. The zero-order valence-electron chi connectivity index (χ0n) is 17.7. The molecule has 2 aliphatic carbocycles. The molecule has 2 aromatic carbocycles. The van der Waals surface area contributed by atoms with Crippen LogP contribution in [0.3, 0.4) is 0 Å². The number of hydrogen-bond acceptors (Lipinski definition) is 1. The van der Waals surface area contributed by atoms with E-state index in [-0.39, 0.29) is 29.2 Å². The van der Waals surface area contributed by atoms with Gasteiger partial charge in [0, 0.05) is 6.07 Å². The van der Waals surface area contributed by atoms with E-state index < -0.39 is 35.4 Å². The summed E-state index contributed by atoms with van der Waals surface area (Å²) < 4.78 is 98.7. The van der Waals surface area contributed by atoms with Crippen molar-refractivity contribution >= 4 is 0 Å². The maximum atomic E-state index is 14.6. The lowest BCUT2D eigenvalue weighted by atomic mass is 9.57. The number of benzene rings is 2. The smallest absolute Gasteiger partial charge is 0.399 e. The predicted octanol–water partition coefficient (Wildman–Crippen LogP) is 7.95. The Kier molecular flexibility index (Phi) is 6.47. The second-order valence-electron chi connectivity index (χ2n) is 8.86. The van der Waals surface area contributed by atoms with Crippen LogP contribution in [0.2, 0.25) is 0 Å². The van der Waals surface area contributed by atoms with Crippen molar-refractivity contribution in [3.05, 3.63) is 76.9 Å². The summed E-state index contributed by atoms with van der Waals surface area (Å²) in [6.07, 6.45) is 0.0657. The van der Waals surface area contributed by atoms with Crippen molar-refractivity contribution in [3.8, 4) is 5.75 Å². The molecule has 1 saturated carbocycles. The fourth-order valence-corrected chi connectivity index (χ4v) is 5.84. The van der Waals surface area contributed by atoms with Crippen LogP contribution in [-0.2, 0) is 6.42 Å². The van der Waals surface area contributed by atoms with E-state index in [1.807, 2.05) is 0 Å². The predicted molar refractivity (Wildman–Crippen MR) is 109 cm³/mol. The maximum Gasteiger partial charge on any atom is 0.573 e. The van der Waals surface area contributed by atoms with Crippen molar-refractivity contribution in [1.82, 2.24) is 0 Å². The summed E-state index contributed by atoms with van der Waals surface area (Å²) in [5.41, 5.74) is 1.28. The summed E-state index contributed by atoms with van der Waals surface area (Å²) in [6.45, 7) is 3.72. The highest BCUT2D eigenvalue weighted by Crippen LogP contribution is 2.55. The number of ether oxygens (including phenoxy) is 1. The van der Waals surface area contributed by atoms with Gasteiger partial charge in [0.05, 0.1) is 0 Å². The van der Waals surface area contributed by atoms with Crippen LogP contribution in [0.15, 0.2) is 36.9 Å². The van der Waals surface area contributed by atoms with Gasteiger partial charge in [-0.25, -0.2) is 17.6 Å². The fourth-order valence-electron chi connectivity index (χ4n) is 5.84. The average Bonchev–Trinajstić information content (AvgIpc) is 2.73. The van der Waals surface area contributed by atoms with Gasteiger partial charge in [-0.05, 0) is 97.1 Å². The Morgan fingerprint density at radius 2 is 1.64 bits per heavy atom. The van der Waals surface area contributed by atoms with Crippen molar-refractivity contribution < 1.29 is 35.5 Å². The van der Waals surface area contributed by atoms with Gasteiger partial charge < -0.3 is 4.74 Å². The lowest BCUT2D eigenvalue weighted by Gasteiger charge is -2.47. The molecule has 4 rings (SSSR count). The standard InChI is InChI=1S/C25H23F7O/c1-2-3-4-13-5-6-16-18(8-7-17-19(16)11-15(26)12-20(17)27)23(13)14-9-21(28)24(22(29)10-14)33-25(30,31)32/h2,9-13,16,18,23H,1,3-8H2/t13-,16-,18+,23-/m1/s1. The molecule has 178 valence electrons. The van der Waals surface area contributed by atoms with Gasteiger partial charge in [0.25, 0.3) is 0 Å². The fraction of sp³-hybridized carbons (Fsp3) is 0.440. The van der Waals surface area contributed by atoms with Crippen molar-refractivity contribution in [3.63, 3.8) is 0 Å². The van der Waals surface area contributed by atoms with Crippen LogP contribution in [0.4, 0.5) is 30.7 Å². The largest absolute Gasteiger partial charge is 0.573 e. The van der Waals surface area contributed by atoms with Gasteiger partial charge in [-0.3, -0.25) is 0 Å². The summed E-state index contributed by atoms with van der Waals surface area (Å²) in [6, 6.07) is 3.99. The van der Waals surface area contributed by atoms with Crippen molar-refractivity contribution in [2.75, 3.05) is 0 Å². The molecule has 0 radical (unpaired) electrons. The van der Waals surface area contributed by atoms with E-state index in [1.54, 1.807) is 6.08 Å². The third-order valence-electron chi connectivity index (χ3n) is 7.02. The minimum Gasteiger partial charge on any atom is -0.399 e. The Labute approximate surface area is 187 Å². The Balaban J connectivity index is 1.75. The van der Waals surface area contributed by atoms with Crippen LogP contribution >= 0.6 is 0 Å². The van der Waals surface area contributed by atoms with Gasteiger partial charge in [-0.1, -0.05) is 6.08 Å². The summed E-state index contributed by atoms with van der Waals surface area (Å²) in [5, 5.41) is 0. The maximum absolute atomic E-state index is 14.6. The molecule has 0 unspecified atom stereocenters. The molecule has 0 saturated heterocycles. The third-order valence-corrected chi connectivity index (χ3v) is 7.02. The lowest BCUT2D eigenvalue weighted by Crippen LogP contribution is -2.35. The molecule has 4 atom stereocenters. The number of hydrogen-bond donors (Lipinski definition) is 0. The number of fused-ring (bicyclic) bond motifs is 3. The molecule has 0 aliphatic heterocycles. The first-order valence-electron chi connectivity index (χ1n) is 10.9. The SMILES string of the molecule is C=CCC[C@@H]1CC[C@H]2c3cc(F)cc(F)c3CC[C@@H]2[C@H]1c1cc(F)c(OC(F)(F)F)c(F)c1. The highest BCUT2D eigenvalue weighted by molar-refractivity contribution is 5.39. The van der Waals surface area contributed by atoms with Crippen LogP contribution in [0.1, 0.15) is 60.6 Å². The van der Waals surface area contributed by atoms with E-state index in [9.17, 15) is 30.7 Å². The Hall–Kier alpha value is -2.51. The Bertz CT molecular complexity index is 1020. The topological polar surface area (TPSA) is 9.23 Å². The second kappa shape index (κ2) is 9.03. The molecule has 0 amide bonds. The monoisotopic (exact) mass is 472 g/mol. The van der Waals surface area contributed by atoms with Gasteiger partial charge in [-0.2, -0.15) is 0 Å². The van der Waals surface area contributed by atoms with Crippen LogP contribution in [0.5, 0.6) is 5.75 Å². The zero-order valence-corrected chi connectivity index (χ0v) is 17.7. The molecule has 2 aliphatic rings. The normalized spacial score (nSPS) is 24.7. The molecule has 1 fully saturated rings. The summed E-state index contributed by atoms with van der Waals surface area (Å²) in [7, 11) is 0. The molecule has 1 nitrogen and oxygen atoms in total. The Morgan fingerprint density at radius 1 is 0.939 bits per heavy atom. The van der Waals surface area contributed by atoms with Gasteiger partial charge in [-0.15, -0.1) is 19.8 Å². The lowest BCUT2D eigenvalue weighted by molar-refractivity contribution is -0.276. The first-order chi connectivity index (χ1) is 15.6. The minimum absolute atomic E-state index is 0.00242. The molecule has 0 bridgehead atoms. The van der Waals surface area contributed by atoms with Crippen LogP contribution in [0.25, 0.3) is 0 Å². The van der Waals surface area contributed by atoms with E-state index in [0.29, 0.717) is 49.7 Å². The second-order valence-corrected chi connectivity index (χ2v) is 8.86. The van der Waals surface area contributed by atoms with E-state index in [0.717, 1.165) is 18.2 Å². The number of alkyl halides is 3. The summed E-state index contributed by atoms with van der Waals surface area (Å²) >= 11 is 0. The van der Waals surface area contributed by atoms with Gasteiger partial charge >= 0.3 is 6.36 Å². The van der Waals surface area contributed by atoms with Gasteiger partial charge in [0.15, 0.2) is 11.6 Å². The molecule has 33 heavy (non-hydrogen) atoms. The molecule has 0 spiro atoms. The van der Waals surface area contributed by atoms with Crippen molar-refractivity contribution in [2.45, 2.75) is 56.7 Å². The molecule has 8 heteroatoms. The number of allylic oxidation sites excluding steroid dienone is 1. The molecule has 0 heterocycles. The Morgan fingerprint density at radius 3 is 2.27 bits per heavy atom. The molecule has 2 aromatic rings. The van der Waals surface area contributed by atoms with Crippen molar-refractivity contribution in [2.24, 2.45) is 11.8 Å². The van der Waals surface area contributed by atoms with E-state index in [4.69, 9.17) is 0 Å². The summed E-state index contributed by atoms with van der Waals surface area (Å²) in [5.74, 6) is -6.37. The van der Waals surface area contributed by atoms with E-state index in [1.165, 1.54) is 6.07 Å². The summed E-state index contributed by atoms with van der Waals surface area (Å²) in [4.78, 5) is 0. The zero-order chi connectivity index (χ0) is 23.9. The molecular formula is C25H23F7O. The van der Waals surface area contributed by atoms with E-state index in [2.05, 4.69) is 11.3 Å². The number of halogens is 7. The van der Waals surface area contributed by atoms with Crippen molar-refractivity contribution in [1.29, 1.82) is 0 Å². The van der Waals surface area contributed by atoms with Crippen LogP contribution in [0, 0.1) is 35.1 Å². The number of rotatable bonds is 5. The third kappa shape index (κ3) is 4.75. The highest BCUT2D eigenvalue weighted by Gasteiger charge is 2.44. The minimum atomic E-state index is -5.23. The highest BCUT2D eigenvalue weighted by atomic mass is 19.4. The quantitative estimate of drug-likeness (QED) is 0.317. The van der Waals surface area contributed by atoms with Crippen LogP contribution in [-0.4, -0.2) is 6.36 Å². The van der Waals surface area contributed by atoms with Gasteiger partial charge in [0.2, 0.25) is 5.75 Å².